The summed E-state index contributed by atoms with van der Waals surface area (Å²) >= 11 is 9.22. The molecule has 19 heavy (non-hydrogen) atoms. The van der Waals surface area contributed by atoms with Gasteiger partial charge in [-0.3, -0.25) is 0 Å². The second kappa shape index (κ2) is 6.08. The summed E-state index contributed by atoms with van der Waals surface area (Å²) in [5, 5.41) is 12.9. The third-order valence-corrected chi connectivity index (χ3v) is 3.50. The van der Waals surface area contributed by atoms with E-state index >= 15 is 0 Å². The van der Waals surface area contributed by atoms with Gasteiger partial charge in [-0.25, -0.2) is 4.79 Å². The number of benzene rings is 2. The van der Waals surface area contributed by atoms with Crippen LogP contribution in [0.15, 0.2) is 53.0 Å². The maximum atomic E-state index is 11.4. The summed E-state index contributed by atoms with van der Waals surface area (Å²) in [6, 6.07) is 13.4. The van der Waals surface area contributed by atoms with Crippen molar-refractivity contribution in [3.05, 3.63) is 63.6 Å². The molecule has 0 fully saturated rings. The quantitative estimate of drug-likeness (QED) is 0.870. The molecule has 2 aromatic rings. The Labute approximate surface area is 124 Å². The van der Waals surface area contributed by atoms with Crippen LogP contribution in [-0.4, -0.2) is 11.1 Å². The predicted octanol–water partition coefficient (Wildman–Crippen LogP) is 4.34. The molecule has 5 heteroatoms. The lowest BCUT2D eigenvalue weighted by molar-refractivity contribution is -0.138. The van der Waals surface area contributed by atoms with Crippen LogP contribution in [0.1, 0.15) is 11.6 Å². The van der Waals surface area contributed by atoms with E-state index in [0.717, 1.165) is 4.47 Å². The van der Waals surface area contributed by atoms with Crippen LogP contribution < -0.4 is 5.32 Å². The Morgan fingerprint density at radius 1 is 1.21 bits per heavy atom. The topological polar surface area (TPSA) is 49.3 Å². The minimum absolute atomic E-state index is 0.587. The van der Waals surface area contributed by atoms with E-state index in [4.69, 9.17) is 11.6 Å². The van der Waals surface area contributed by atoms with Crippen molar-refractivity contribution in [2.24, 2.45) is 0 Å². The molecule has 2 rings (SSSR count). The molecule has 0 bridgehead atoms. The molecule has 2 aromatic carbocycles. The standard InChI is InChI=1S/C14H11BrClNO2/c15-11-8-10(16)6-7-12(11)17-13(14(18)19)9-4-2-1-3-5-9/h1-8,13,17H,(H,18,19). The van der Waals surface area contributed by atoms with Gasteiger partial charge in [0, 0.05) is 15.2 Å². The predicted molar refractivity (Wildman–Crippen MR) is 79.6 cm³/mol. The number of halogens is 2. The van der Waals surface area contributed by atoms with Gasteiger partial charge in [0.15, 0.2) is 6.04 Å². The minimum atomic E-state index is -0.937. The zero-order chi connectivity index (χ0) is 13.8. The Morgan fingerprint density at radius 3 is 2.47 bits per heavy atom. The fourth-order valence-corrected chi connectivity index (χ4v) is 2.49. The lowest BCUT2D eigenvalue weighted by atomic mass is 10.1. The van der Waals surface area contributed by atoms with Gasteiger partial charge in [-0.15, -0.1) is 0 Å². The Bertz CT molecular complexity index is 589. The minimum Gasteiger partial charge on any atom is -0.479 e. The number of rotatable bonds is 4. The van der Waals surface area contributed by atoms with Gasteiger partial charge < -0.3 is 10.4 Å². The molecule has 98 valence electrons. The molecule has 0 saturated heterocycles. The third kappa shape index (κ3) is 3.49. The highest BCUT2D eigenvalue weighted by Crippen LogP contribution is 2.29. The zero-order valence-corrected chi connectivity index (χ0v) is 12.1. The molecule has 2 N–H and O–H groups in total. The molecule has 0 radical (unpaired) electrons. The van der Waals surface area contributed by atoms with Crippen LogP contribution >= 0.6 is 27.5 Å². The molecule has 0 aromatic heterocycles. The lowest BCUT2D eigenvalue weighted by Crippen LogP contribution is -2.20. The van der Waals surface area contributed by atoms with Crippen molar-refractivity contribution < 1.29 is 9.90 Å². The van der Waals surface area contributed by atoms with Crippen LogP contribution in [0.3, 0.4) is 0 Å². The SMILES string of the molecule is O=C(O)C(Nc1ccc(Cl)cc1Br)c1ccccc1. The van der Waals surface area contributed by atoms with E-state index in [-0.39, 0.29) is 0 Å². The van der Waals surface area contributed by atoms with Crippen molar-refractivity contribution in [1.29, 1.82) is 0 Å². The average molecular weight is 341 g/mol. The number of hydrogen-bond donors (Lipinski definition) is 2. The molecular formula is C14H11BrClNO2. The van der Waals surface area contributed by atoms with E-state index in [0.29, 0.717) is 16.3 Å². The lowest BCUT2D eigenvalue weighted by Gasteiger charge is -2.17. The van der Waals surface area contributed by atoms with Crippen molar-refractivity contribution in [3.8, 4) is 0 Å². The number of aliphatic carboxylic acids is 1. The second-order valence-corrected chi connectivity index (χ2v) is 5.24. The molecule has 0 amide bonds. The van der Waals surface area contributed by atoms with E-state index in [1.165, 1.54) is 0 Å². The summed E-state index contributed by atoms with van der Waals surface area (Å²) in [6.45, 7) is 0. The van der Waals surface area contributed by atoms with Gasteiger partial charge in [0.2, 0.25) is 0 Å². The van der Waals surface area contributed by atoms with Gasteiger partial charge in [-0.2, -0.15) is 0 Å². The highest BCUT2D eigenvalue weighted by Gasteiger charge is 2.20. The van der Waals surface area contributed by atoms with Gasteiger partial charge in [0.05, 0.1) is 0 Å². The number of carboxylic acids is 1. The van der Waals surface area contributed by atoms with Crippen LogP contribution in [0.4, 0.5) is 5.69 Å². The first-order valence-corrected chi connectivity index (χ1v) is 6.74. The van der Waals surface area contributed by atoms with Gasteiger partial charge in [-0.05, 0) is 39.7 Å². The molecular weight excluding hydrogens is 330 g/mol. The smallest absolute Gasteiger partial charge is 0.330 e. The molecule has 0 spiro atoms. The zero-order valence-electron chi connectivity index (χ0n) is 9.81. The van der Waals surface area contributed by atoms with Crippen LogP contribution in [0.5, 0.6) is 0 Å². The van der Waals surface area contributed by atoms with Crippen LogP contribution in [0.2, 0.25) is 5.02 Å². The normalized spacial score (nSPS) is 11.9. The molecule has 0 aliphatic heterocycles. The first-order chi connectivity index (χ1) is 9.08. The van der Waals surface area contributed by atoms with Crippen LogP contribution in [-0.2, 0) is 4.79 Å². The van der Waals surface area contributed by atoms with E-state index in [9.17, 15) is 9.90 Å². The first kappa shape index (κ1) is 13.9. The molecule has 0 heterocycles. The van der Waals surface area contributed by atoms with Crippen LogP contribution in [0.25, 0.3) is 0 Å². The number of carbonyl (C=O) groups is 1. The molecule has 0 aliphatic rings. The van der Waals surface area contributed by atoms with E-state index in [2.05, 4.69) is 21.2 Å². The van der Waals surface area contributed by atoms with Crippen molar-refractivity contribution in [1.82, 2.24) is 0 Å². The summed E-state index contributed by atoms with van der Waals surface area (Å²) in [7, 11) is 0. The Hall–Kier alpha value is -1.52. The molecule has 3 nitrogen and oxygen atoms in total. The van der Waals surface area contributed by atoms with Crippen molar-refractivity contribution in [2.75, 3.05) is 5.32 Å². The van der Waals surface area contributed by atoms with Crippen LogP contribution in [0, 0.1) is 0 Å². The summed E-state index contributed by atoms with van der Waals surface area (Å²) in [5.74, 6) is -0.937. The first-order valence-electron chi connectivity index (χ1n) is 5.57. The maximum absolute atomic E-state index is 11.4. The Morgan fingerprint density at radius 2 is 1.89 bits per heavy atom. The molecule has 1 atom stereocenters. The summed E-state index contributed by atoms with van der Waals surface area (Å²) < 4.78 is 0.724. The highest BCUT2D eigenvalue weighted by atomic mass is 79.9. The van der Waals surface area contributed by atoms with Gasteiger partial charge in [0.25, 0.3) is 0 Å². The second-order valence-electron chi connectivity index (χ2n) is 3.95. The number of carboxylic acid groups (broad SMARTS) is 1. The maximum Gasteiger partial charge on any atom is 0.330 e. The van der Waals surface area contributed by atoms with E-state index in [1.54, 1.807) is 30.3 Å². The van der Waals surface area contributed by atoms with Gasteiger partial charge in [-0.1, -0.05) is 41.9 Å². The number of anilines is 1. The van der Waals surface area contributed by atoms with Crippen molar-refractivity contribution in [3.63, 3.8) is 0 Å². The summed E-state index contributed by atoms with van der Waals surface area (Å²) in [4.78, 5) is 11.4. The van der Waals surface area contributed by atoms with E-state index in [1.807, 2.05) is 18.2 Å². The van der Waals surface area contributed by atoms with Crippen molar-refractivity contribution in [2.45, 2.75) is 6.04 Å². The summed E-state index contributed by atoms with van der Waals surface area (Å²) in [6.07, 6.45) is 0. The molecule has 1 unspecified atom stereocenters. The van der Waals surface area contributed by atoms with E-state index < -0.39 is 12.0 Å². The summed E-state index contributed by atoms with van der Waals surface area (Å²) in [5.41, 5.74) is 1.37. The van der Waals surface area contributed by atoms with Gasteiger partial charge in [0.1, 0.15) is 0 Å². The highest BCUT2D eigenvalue weighted by molar-refractivity contribution is 9.10. The molecule has 0 saturated carbocycles. The third-order valence-electron chi connectivity index (χ3n) is 2.61. The average Bonchev–Trinajstić information content (AvgIpc) is 2.38. The van der Waals surface area contributed by atoms with Crippen molar-refractivity contribution >= 4 is 39.2 Å². The Balaban J connectivity index is 2.29. The van der Waals surface area contributed by atoms with Gasteiger partial charge >= 0.3 is 5.97 Å². The number of hydrogen-bond acceptors (Lipinski definition) is 2. The number of nitrogens with one attached hydrogen (secondary N) is 1. The fraction of sp³-hybridized carbons (Fsp3) is 0.0714. The fourth-order valence-electron chi connectivity index (χ4n) is 1.70. The molecule has 0 aliphatic carbocycles. The monoisotopic (exact) mass is 339 g/mol. The Kier molecular flexibility index (Phi) is 4.45. The largest absolute Gasteiger partial charge is 0.479 e.